The number of halogens is 3. The Kier molecular flexibility index (Phi) is 6.33. The molecule has 0 amide bonds. The molecule has 0 radical (unpaired) electrons. The van der Waals surface area contributed by atoms with E-state index in [4.69, 9.17) is 4.74 Å². The number of hydrogen-bond acceptors (Lipinski definition) is 5. The Morgan fingerprint density at radius 1 is 1.14 bits per heavy atom. The third kappa shape index (κ3) is 5.39. The highest BCUT2D eigenvalue weighted by atomic mass is 32.2. The molecular weight excluding hydrogens is 419 g/mol. The van der Waals surface area contributed by atoms with Gasteiger partial charge in [0.2, 0.25) is 0 Å². The number of ether oxygens (including phenoxy) is 1. The number of rotatable bonds is 5. The standard InChI is InChI=1S/C21H18F3NO2S2/c1-12-10-17(8-9-18(12)27-14(3)26)28-11-19-13(2)25-20(29-19)15-4-6-16(7-5-15)21(22,23)24/h4-10H,11H2,1-3H3. The van der Waals surface area contributed by atoms with Crippen molar-refractivity contribution in [3.05, 3.63) is 64.2 Å². The molecule has 0 saturated heterocycles. The molecule has 0 aliphatic carbocycles. The Balaban J connectivity index is 1.71. The summed E-state index contributed by atoms with van der Waals surface area (Å²) in [6, 6.07) is 10.7. The first-order valence-corrected chi connectivity index (χ1v) is 10.5. The van der Waals surface area contributed by atoms with Crippen LogP contribution in [0.1, 0.15) is 28.6 Å². The van der Waals surface area contributed by atoms with Gasteiger partial charge in [-0.3, -0.25) is 4.79 Å². The van der Waals surface area contributed by atoms with Crippen LogP contribution in [0.2, 0.25) is 0 Å². The van der Waals surface area contributed by atoms with Gasteiger partial charge in [0.25, 0.3) is 0 Å². The summed E-state index contributed by atoms with van der Waals surface area (Å²) in [5.74, 6) is 0.876. The van der Waals surface area contributed by atoms with Gasteiger partial charge in [0.1, 0.15) is 10.8 Å². The first-order chi connectivity index (χ1) is 13.6. The summed E-state index contributed by atoms with van der Waals surface area (Å²) in [7, 11) is 0. The number of esters is 1. The molecule has 0 N–H and O–H groups in total. The SMILES string of the molecule is CC(=O)Oc1ccc(SCc2sc(-c3ccc(C(F)(F)F)cc3)nc2C)cc1C. The second-order valence-corrected chi connectivity index (χ2v) is 8.54. The van der Waals surface area contributed by atoms with E-state index in [-0.39, 0.29) is 5.97 Å². The van der Waals surface area contributed by atoms with Crippen LogP contribution < -0.4 is 4.74 Å². The van der Waals surface area contributed by atoms with Crippen molar-refractivity contribution in [2.45, 2.75) is 37.6 Å². The third-order valence-corrected chi connectivity index (χ3v) is 6.53. The van der Waals surface area contributed by atoms with Crippen LogP contribution in [0.25, 0.3) is 10.6 Å². The zero-order chi connectivity index (χ0) is 21.2. The first-order valence-electron chi connectivity index (χ1n) is 8.69. The Hall–Kier alpha value is -2.32. The molecule has 0 aliphatic rings. The normalized spacial score (nSPS) is 11.5. The number of nitrogens with zero attached hydrogens (tertiary/aromatic N) is 1. The van der Waals surface area contributed by atoms with E-state index in [1.54, 1.807) is 17.8 Å². The molecule has 3 aromatic rings. The molecule has 29 heavy (non-hydrogen) atoms. The fourth-order valence-electron chi connectivity index (χ4n) is 2.62. The van der Waals surface area contributed by atoms with E-state index in [2.05, 4.69) is 4.98 Å². The molecule has 152 valence electrons. The highest BCUT2D eigenvalue weighted by Gasteiger charge is 2.30. The van der Waals surface area contributed by atoms with Crippen LogP contribution in [-0.4, -0.2) is 11.0 Å². The molecule has 3 nitrogen and oxygen atoms in total. The first kappa shape index (κ1) is 21.4. The number of thiazole rings is 1. The number of aryl methyl sites for hydroxylation is 2. The molecule has 2 aromatic carbocycles. The molecule has 1 heterocycles. The molecule has 8 heteroatoms. The minimum atomic E-state index is -4.34. The van der Waals surface area contributed by atoms with Crippen LogP contribution >= 0.6 is 23.1 Å². The third-order valence-electron chi connectivity index (χ3n) is 4.12. The highest BCUT2D eigenvalue weighted by molar-refractivity contribution is 7.98. The molecule has 1 aromatic heterocycles. The van der Waals surface area contributed by atoms with Gasteiger partial charge in [-0.2, -0.15) is 13.2 Å². The number of alkyl halides is 3. The lowest BCUT2D eigenvalue weighted by atomic mass is 10.1. The van der Waals surface area contributed by atoms with E-state index in [1.165, 1.54) is 30.4 Å². The van der Waals surface area contributed by atoms with E-state index in [0.717, 1.165) is 33.2 Å². The quantitative estimate of drug-likeness (QED) is 0.254. The lowest BCUT2D eigenvalue weighted by Crippen LogP contribution is -2.03. The zero-order valence-corrected chi connectivity index (χ0v) is 17.6. The number of carbonyl (C=O) groups is 1. The summed E-state index contributed by atoms with van der Waals surface area (Å²) in [4.78, 5) is 17.7. The van der Waals surface area contributed by atoms with Gasteiger partial charge in [-0.15, -0.1) is 23.1 Å². The summed E-state index contributed by atoms with van der Waals surface area (Å²) < 4.78 is 43.3. The van der Waals surface area contributed by atoms with Gasteiger partial charge >= 0.3 is 12.1 Å². The van der Waals surface area contributed by atoms with Gasteiger partial charge in [-0.25, -0.2) is 4.98 Å². The number of benzene rings is 2. The fourth-order valence-corrected chi connectivity index (χ4v) is 4.82. The van der Waals surface area contributed by atoms with E-state index in [9.17, 15) is 18.0 Å². The summed E-state index contributed by atoms with van der Waals surface area (Å²) in [6.07, 6.45) is -4.34. The summed E-state index contributed by atoms with van der Waals surface area (Å²) in [6.45, 7) is 5.14. The number of carbonyl (C=O) groups excluding carboxylic acids is 1. The summed E-state index contributed by atoms with van der Waals surface area (Å²) in [5, 5.41) is 0.702. The minimum Gasteiger partial charge on any atom is -0.426 e. The topological polar surface area (TPSA) is 39.2 Å². The van der Waals surface area contributed by atoms with Crippen molar-refractivity contribution in [1.82, 2.24) is 4.98 Å². The fraction of sp³-hybridized carbons (Fsp3) is 0.238. The number of thioether (sulfide) groups is 1. The Morgan fingerprint density at radius 3 is 2.41 bits per heavy atom. The van der Waals surface area contributed by atoms with Gasteiger partial charge in [0.15, 0.2) is 0 Å². The largest absolute Gasteiger partial charge is 0.426 e. The molecule has 0 aliphatic heterocycles. The Morgan fingerprint density at radius 2 is 1.83 bits per heavy atom. The van der Waals surface area contributed by atoms with Gasteiger partial charge in [0.05, 0.1) is 11.3 Å². The molecular formula is C21H18F3NO2S2. The average molecular weight is 438 g/mol. The predicted octanol–water partition coefficient (Wildman–Crippen LogP) is 6.66. The van der Waals surface area contributed by atoms with Crippen LogP contribution in [0, 0.1) is 13.8 Å². The Labute approximate surface area is 174 Å². The second kappa shape index (κ2) is 8.59. The molecule has 0 fully saturated rings. The maximum atomic E-state index is 12.7. The monoisotopic (exact) mass is 437 g/mol. The van der Waals surface area contributed by atoms with Gasteiger partial charge in [-0.1, -0.05) is 12.1 Å². The lowest BCUT2D eigenvalue weighted by Gasteiger charge is -2.07. The molecule has 0 bridgehead atoms. The maximum absolute atomic E-state index is 12.7. The van der Waals surface area contributed by atoms with Crippen LogP contribution in [0.4, 0.5) is 13.2 Å². The zero-order valence-electron chi connectivity index (χ0n) is 16.0. The molecule has 3 rings (SSSR count). The summed E-state index contributed by atoms with van der Waals surface area (Å²) in [5.41, 5.74) is 1.74. The highest BCUT2D eigenvalue weighted by Crippen LogP contribution is 2.35. The van der Waals surface area contributed by atoms with Crippen molar-refractivity contribution in [3.8, 4) is 16.3 Å². The smallest absolute Gasteiger partial charge is 0.416 e. The Bertz CT molecular complexity index is 1030. The molecule has 0 unspecified atom stereocenters. The van der Waals surface area contributed by atoms with Crippen LogP contribution in [0.5, 0.6) is 5.75 Å². The van der Waals surface area contributed by atoms with E-state index < -0.39 is 11.7 Å². The van der Waals surface area contributed by atoms with Crippen molar-refractivity contribution in [3.63, 3.8) is 0 Å². The van der Waals surface area contributed by atoms with E-state index in [0.29, 0.717) is 22.1 Å². The molecule has 0 saturated carbocycles. The van der Waals surface area contributed by atoms with Crippen molar-refractivity contribution < 1.29 is 22.7 Å². The van der Waals surface area contributed by atoms with Crippen molar-refractivity contribution in [2.75, 3.05) is 0 Å². The van der Waals surface area contributed by atoms with Crippen molar-refractivity contribution >= 4 is 29.1 Å². The minimum absolute atomic E-state index is 0.357. The lowest BCUT2D eigenvalue weighted by molar-refractivity contribution is -0.137. The van der Waals surface area contributed by atoms with Crippen LogP contribution in [0.15, 0.2) is 47.4 Å². The predicted molar refractivity (Wildman–Crippen MR) is 109 cm³/mol. The van der Waals surface area contributed by atoms with E-state index in [1.807, 2.05) is 26.0 Å². The number of hydrogen-bond donors (Lipinski definition) is 0. The van der Waals surface area contributed by atoms with E-state index >= 15 is 0 Å². The van der Waals surface area contributed by atoms with Crippen molar-refractivity contribution in [2.24, 2.45) is 0 Å². The second-order valence-electron chi connectivity index (χ2n) is 6.41. The van der Waals surface area contributed by atoms with Gasteiger partial charge in [-0.05, 0) is 49.7 Å². The van der Waals surface area contributed by atoms with Gasteiger partial charge in [0, 0.05) is 28.0 Å². The summed E-state index contributed by atoms with van der Waals surface area (Å²) >= 11 is 3.10. The average Bonchev–Trinajstić information content (AvgIpc) is 3.02. The van der Waals surface area contributed by atoms with Crippen LogP contribution in [0.3, 0.4) is 0 Å². The van der Waals surface area contributed by atoms with Crippen LogP contribution in [-0.2, 0) is 16.7 Å². The molecule has 0 atom stereocenters. The van der Waals surface area contributed by atoms with Gasteiger partial charge < -0.3 is 4.74 Å². The number of aromatic nitrogens is 1. The van der Waals surface area contributed by atoms with Crippen molar-refractivity contribution in [1.29, 1.82) is 0 Å². The maximum Gasteiger partial charge on any atom is 0.416 e. The molecule has 0 spiro atoms.